The van der Waals surface area contributed by atoms with Gasteiger partial charge in [-0.25, -0.2) is 13.1 Å². The summed E-state index contributed by atoms with van der Waals surface area (Å²) in [6.07, 6.45) is 3.40. The molecule has 3 N–H and O–H groups in total. The lowest BCUT2D eigenvalue weighted by molar-refractivity contribution is -0.0249. The summed E-state index contributed by atoms with van der Waals surface area (Å²) in [7, 11) is -3.38. The summed E-state index contributed by atoms with van der Waals surface area (Å²) < 4.78 is 26.7. The minimum Gasteiger partial charge on any atom is -0.508 e. The summed E-state index contributed by atoms with van der Waals surface area (Å²) in [5.74, 6) is 0.191. The summed E-state index contributed by atoms with van der Waals surface area (Å²) in [6, 6.07) is 5.81. The van der Waals surface area contributed by atoms with Gasteiger partial charge in [0, 0.05) is 0 Å². The Kier molecular flexibility index (Phi) is 4.91. The van der Waals surface area contributed by atoms with E-state index in [4.69, 9.17) is 0 Å². The molecule has 1 aromatic carbocycles. The minimum absolute atomic E-state index is 0.0646. The second-order valence-electron chi connectivity index (χ2n) is 5.71. The van der Waals surface area contributed by atoms with Gasteiger partial charge in [0.05, 0.1) is 11.8 Å². The minimum atomic E-state index is -3.38. The molecule has 5 nitrogen and oxygen atoms in total. The van der Waals surface area contributed by atoms with Crippen LogP contribution in [0, 0.1) is 0 Å². The van der Waals surface area contributed by atoms with E-state index in [9.17, 15) is 18.6 Å². The van der Waals surface area contributed by atoms with E-state index in [2.05, 4.69) is 4.72 Å². The Morgan fingerprint density at radius 3 is 2.57 bits per heavy atom. The summed E-state index contributed by atoms with van der Waals surface area (Å²) in [5.41, 5.74) is -0.573. The zero-order chi connectivity index (χ0) is 15.5. The lowest BCUT2D eigenvalue weighted by Gasteiger charge is -2.40. The van der Waals surface area contributed by atoms with Crippen LogP contribution in [0.5, 0.6) is 5.75 Å². The van der Waals surface area contributed by atoms with Crippen LogP contribution >= 0.6 is 0 Å². The molecular formula is C15H23NO4S. The van der Waals surface area contributed by atoms with Crippen LogP contribution in [-0.4, -0.2) is 30.4 Å². The fourth-order valence-electron chi connectivity index (χ4n) is 2.95. The van der Waals surface area contributed by atoms with Crippen molar-refractivity contribution in [3.8, 4) is 5.75 Å². The largest absolute Gasteiger partial charge is 0.508 e. The third kappa shape index (κ3) is 3.75. The molecule has 0 radical (unpaired) electrons. The zero-order valence-corrected chi connectivity index (χ0v) is 13.1. The number of aliphatic hydroxyl groups is 1. The monoisotopic (exact) mass is 313 g/mol. The standard InChI is InChI=1S/C15H23NO4S/c1-2-11-21(19,20)16-14-5-3-4-10-15(14,18)12-6-8-13(17)9-7-12/h6-9,14,16-18H,2-5,10-11H2,1H3. The Morgan fingerprint density at radius 2 is 1.95 bits per heavy atom. The predicted octanol–water partition coefficient (Wildman–Crippen LogP) is 1.85. The smallest absolute Gasteiger partial charge is 0.211 e. The molecule has 0 saturated heterocycles. The Labute approximate surface area is 126 Å². The maximum absolute atomic E-state index is 12.0. The second-order valence-corrected chi connectivity index (χ2v) is 7.58. The molecule has 0 heterocycles. The number of rotatable bonds is 5. The van der Waals surface area contributed by atoms with Crippen LogP contribution < -0.4 is 4.72 Å². The van der Waals surface area contributed by atoms with E-state index in [-0.39, 0.29) is 11.5 Å². The van der Waals surface area contributed by atoms with Gasteiger partial charge in [0.2, 0.25) is 10.0 Å². The Morgan fingerprint density at radius 1 is 1.29 bits per heavy atom. The van der Waals surface area contributed by atoms with Crippen molar-refractivity contribution in [1.82, 2.24) is 4.72 Å². The molecule has 2 unspecified atom stereocenters. The molecule has 1 saturated carbocycles. The average Bonchev–Trinajstić information content (AvgIpc) is 2.42. The van der Waals surface area contributed by atoms with Crippen LogP contribution in [0.25, 0.3) is 0 Å². The average molecular weight is 313 g/mol. The first-order valence-electron chi connectivity index (χ1n) is 7.39. The summed E-state index contributed by atoms with van der Waals surface area (Å²) in [6.45, 7) is 1.81. The van der Waals surface area contributed by atoms with Crippen LogP contribution in [0.1, 0.15) is 44.6 Å². The molecule has 1 fully saturated rings. The van der Waals surface area contributed by atoms with Gasteiger partial charge < -0.3 is 10.2 Å². The Hall–Kier alpha value is -1.11. The SMILES string of the molecule is CCCS(=O)(=O)NC1CCCCC1(O)c1ccc(O)cc1. The fraction of sp³-hybridized carbons (Fsp3) is 0.600. The summed E-state index contributed by atoms with van der Waals surface area (Å²) >= 11 is 0. The molecule has 0 aliphatic heterocycles. The maximum Gasteiger partial charge on any atom is 0.211 e. The van der Waals surface area contributed by atoms with Gasteiger partial charge in [-0.15, -0.1) is 0 Å². The maximum atomic E-state index is 12.0. The van der Waals surface area contributed by atoms with Gasteiger partial charge in [-0.05, 0) is 37.0 Å². The molecule has 2 rings (SSSR count). The number of aromatic hydroxyl groups is 1. The quantitative estimate of drug-likeness (QED) is 0.774. The molecule has 118 valence electrons. The number of hydrogen-bond acceptors (Lipinski definition) is 4. The molecular weight excluding hydrogens is 290 g/mol. The van der Waals surface area contributed by atoms with Gasteiger partial charge in [0.15, 0.2) is 0 Å². The van der Waals surface area contributed by atoms with Crippen LogP contribution in [0.15, 0.2) is 24.3 Å². The lowest BCUT2D eigenvalue weighted by Crippen LogP contribution is -2.52. The van der Waals surface area contributed by atoms with E-state index in [1.54, 1.807) is 12.1 Å². The molecule has 0 bridgehead atoms. The number of hydrogen-bond donors (Lipinski definition) is 3. The molecule has 6 heteroatoms. The number of phenolic OH excluding ortho intramolecular Hbond substituents is 1. The fourth-order valence-corrected chi connectivity index (χ4v) is 4.35. The first-order chi connectivity index (χ1) is 9.87. The second kappa shape index (κ2) is 6.34. The highest BCUT2D eigenvalue weighted by Gasteiger charge is 2.42. The van der Waals surface area contributed by atoms with Crippen LogP contribution in [0.2, 0.25) is 0 Å². The highest BCUT2D eigenvalue weighted by atomic mass is 32.2. The van der Waals surface area contributed by atoms with E-state index in [1.165, 1.54) is 12.1 Å². The Balaban J connectivity index is 2.27. The zero-order valence-electron chi connectivity index (χ0n) is 12.2. The third-order valence-corrected chi connectivity index (χ3v) is 5.63. The number of sulfonamides is 1. The topological polar surface area (TPSA) is 86.6 Å². The summed E-state index contributed by atoms with van der Waals surface area (Å²) in [4.78, 5) is 0. The van der Waals surface area contributed by atoms with Gasteiger partial charge in [-0.1, -0.05) is 31.9 Å². The van der Waals surface area contributed by atoms with E-state index in [0.29, 0.717) is 24.8 Å². The molecule has 1 aliphatic rings. The molecule has 0 amide bonds. The van der Waals surface area contributed by atoms with Gasteiger partial charge in [0.25, 0.3) is 0 Å². The van der Waals surface area contributed by atoms with Crippen molar-refractivity contribution in [1.29, 1.82) is 0 Å². The van der Waals surface area contributed by atoms with Crippen molar-refractivity contribution >= 4 is 10.0 Å². The van der Waals surface area contributed by atoms with Gasteiger partial charge >= 0.3 is 0 Å². The van der Waals surface area contributed by atoms with Gasteiger partial charge in [-0.3, -0.25) is 0 Å². The van der Waals surface area contributed by atoms with Crippen LogP contribution in [0.4, 0.5) is 0 Å². The van der Waals surface area contributed by atoms with E-state index >= 15 is 0 Å². The van der Waals surface area contributed by atoms with E-state index in [1.807, 2.05) is 6.92 Å². The molecule has 0 spiro atoms. The number of benzene rings is 1. The molecule has 1 aliphatic carbocycles. The molecule has 2 atom stereocenters. The lowest BCUT2D eigenvalue weighted by atomic mass is 9.76. The molecule has 1 aromatic rings. The van der Waals surface area contributed by atoms with Crippen molar-refractivity contribution in [2.75, 3.05) is 5.75 Å². The van der Waals surface area contributed by atoms with Crippen molar-refractivity contribution in [3.05, 3.63) is 29.8 Å². The van der Waals surface area contributed by atoms with Crippen LogP contribution in [0.3, 0.4) is 0 Å². The third-order valence-electron chi connectivity index (χ3n) is 4.04. The van der Waals surface area contributed by atoms with Crippen molar-refractivity contribution in [2.45, 2.75) is 50.7 Å². The number of phenols is 1. The van der Waals surface area contributed by atoms with Crippen molar-refractivity contribution in [3.63, 3.8) is 0 Å². The highest BCUT2D eigenvalue weighted by Crippen LogP contribution is 2.38. The van der Waals surface area contributed by atoms with Crippen molar-refractivity contribution < 1.29 is 18.6 Å². The Bertz CT molecular complexity index is 570. The predicted molar refractivity (Wildman–Crippen MR) is 81.5 cm³/mol. The molecule has 0 aromatic heterocycles. The number of nitrogens with one attached hydrogen (secondary N) is 1. The first kappa shape index (κ1) is 16.3. The van der Waals surface area contributed by atoms with Gasteiger partial charge in [0.1, 0.15) is 11.4 Å². The summed E-state index contributed by atoms with van der Waals surface area (Å²) in [5, 5.41) is 20.4. The normalized spacial score (nSPS) is 26.7. The van der Waals surface area contributed by atoms with Crippen molar-refractivity contribution in [2.24, 2.45) is 0 Å². The van der Waals surface area contributed by atoms with E-state index < -0.39 is 21.7 Å². The first-order valence-corrected chi connectivity index (χ1v) is 9.04. The van der Waals surface area contributed by atoms with E-state index in [0.717, 1.165) is 12.8 Å². The van der Waals surface area contributed by atoms with Gasteiger partial charge in [-0.2, -0.15) is 0 Å². The van der Waals surface area contributed by atoms with Crippen LogP contribution in [-0.2, 0) is 15.6 Å². The molecule has 21 heavy (non-hydrogen) atoms. The highest BCUT2D eigenvalue weighted by molar-refractivity contribution is 7.89.